The number of rotatable bonds is 5. The minimum Gasteiger partial charge on any atom is -0.333 e. The first-order chi connectivity index (χ1) is 12.9. The summed E-state index contributed by atoms with van der Waals surface area (Å²) in [4.78, 5) is 27.4. The van der Waals surface area contributed by atoms with E-state index < -0.39 is 0 Å². The zero-order valence-electron chi connectivity index (χ0n) is 16.8. The van der Waals surface area contributed by atoms with Gasteiger partial charge < -0.3 is 16.0 Å². The maximum atomic E-state index is 13.1. The molecule has 0 heterocycles. The fourth-order valence-electron chi connectivity index (χ4n) is 4.96. The van der Waals surface area contributed by atoms with Crippen molar-refractivity contribution in [3.8, 4) is 0 Å². The zero-order valence-corrected chi connectivity index (χ0v) is 16.8. The van der Waals surface area contributed by atoms with Crippen LogP contribution in [0.2, 0.25) is 0 Å². The van der Waals surface area contributed by atoms with Crippen molar-refractivity contribution < 1.29 is 9.59 Å². The van der Waals surface area contributed by atoms with E-state index in [0.717, 1.165) is 42.5 Å². The number of nitrogens with one attached hydrogen (secondary N) is 1. The molecule has 1 aromatic rings. The number of nitrogens with zero attached hydrogens (tertiary/aromatic N) is 1. The molecule has 27 heavy (non-hydrogen) atoms. The quantitative estimate of drug-likeness (QED) is 0.834. The number of nitrogens with two attached hydrogens (primary N) is 1. The molecule has 2 bridgehead atoms. The fourth-order valence-corrected chi connectivity index (χ4v) is 4.96. The lowest BCUT2D eigenvalue weighted by Crippen LogP contribution is -2.50. The number of likely N-dealkylation sites (N-methyl/N-ethyl adjacent to an activating group) is 1. The average molecular weight is 372 g/mol. The smallest absolute Gasteiger partial charge is 0.244 e. The van der Waals surface area contributed by atoms with Crippen LogP contribution in [0.5, 0.6) is 0 Å². The number of hydrogen-bond acceptors (Lipinski definition) is 3. The lowest BCUT2D eigenvalue weighted by molar-refractivity contribution is -0.140. The Bertz CT molecular complexity index is 669. The van der Waals surface area contributed by atoms with Crippen LogP contribution in [0.15, 0.2) is 18.2 Å². The van der Waals surface area contributed by atoms with Gasteiger partial charge in [-0.15, -0.1) is 0 Å². The van der Waals surface area contributed by atoms with Gasteiger partial charge in [0.2, 0.25) is 11.8 Å². The summed E-state index contributed by atoms with van der Waals surface area (Å²) in [5, 5.41) is 3.00. The molecule has 2 atom stereocenters. The van der Waals surface area contributed by atoms with Crippen LogP contribution in [0.1, 0.15) is 50.2 Å². The maximum Gasteiger partial charge on any atom is 0.244 e. The van der Waals surface area contributed by atoms with Crippen molar-refractivity contribution in [2.75, 3.05) is 18.4 Å². The molecule has 2 amide bonds. The largest absolute Gasteiger partial charge is 0.333 e. The van der Waals surface area contributed by atoms with Crippen LogP contribution in [-0.2, 0) is 9.59 Å². The molecule has 0 radical (unpaired) electrons. The summed E-state index contributed by atoms with van der Waals surface area (Å²) in [6.45, 7) is 6.57. The van der Waals surface area contributed by atoms with Crippen LogP contribution in [0.3, 0.4) is 0 Å². The first kappa shape index (κ1) is 19.9. The number of para-hydroxylation sites is 1. The summed E-state index contributed by atoms with van der Waals surface area (Å²) in [7, 11) is 0. The van der Waals surface area contributed by atoms with Crippen molar-refractivity contribution in [1.82, 2.24) is 4.90 Å². The van der Waals surface area contributed by atoms with E-state index in [1.165, 1.54) is 6.42 Å². The molecular weight excluding hydrogens is 338 g/mol. The van der Waals surface area contributed by atoms with E-state index in [4.69, 9.17) is 5.73 Å². The van der Waals surface area contributed by atoms with Crippen molar-refractivity contribution in [1.29, 1.82) is 0 Å². The maximum absolute atomic E-state index is 13.1. The SMILES string of the molecule is CCN(CC(=O)Nc1c(C)cccc1C)C(=O)C1CC2CCCC(C1)C2N. The normalized spacial score (nSPS) is 27.1. The Labute approximate surface area is 162 Å². The zero-order chi connectivity index (χ0) is 19.6. The molecule has 3 rings (SSSR count). The van der Waals surface area contributed by atoms with Gasteiger partial charge in [-0.2, -0.15) is 0 Å². The number of benzene rings is 1. The summed E-state index contributed by atoms with van der Waals surface area (Å²) in [6.07, 6.45) is 5.28. The molecule has 2 unspecified atom stereocenters. The van der Waals surface area contributed by atoms with Gasteiger partial charge in [0.25, 0.3) is 0 Å². The van der Waals surface area contributed by atoms with Crippen LogP contribution < -0.4 is 11.1 Å². The van der Waals surface area contributed by atoms with E-state index in [-0.39, 0.29) is 30.3 Å². The molecule has 2 aliphatic rings. The minimum atomic E-state index is -0.129. The fraction of sp³-hybridized carbons (Fsp3) is 0.636. The summed E-state index contributed by atoms with van der Waals surface area (Å²) in [6, 6.07) is 6.20. The molecule has 0 saturated heterocycles. The molecule has 0 aromatic heterocycles. The van der Waals surface area contributed by atoms with Crippen LogP contribution in [0, 0.1) is 31.6 Å². The van der Waals surface area contributed by atoms with E-state index >= 15 is 0 Å². The Balaban J connectivity index is 1.63. The number of carbonyl (C=O) groups is 2. The van der Waals surface area contributed by atoms with E-state index in [2.05, 4.69) is 5.32 Å². The summed E-state index contributed by atoms with van der Waals surface area (Å²) in [5.41, 5.74) is 9.28. The summed E-state index contributed by atoms with van der Waals surface area (Å²) < 4.78 is 0. The van der Waals surface area contributed by atoms with Crippen LogP contribution in [0.4, 0.5) is 5.69 Å². The third-order valence-electron chi connectivity index (χ3n) is 6.54. The number of carbonyl (C=O) groups excluding carboxylic acids is 2. The predicted molar refractivity (Wildman–Crippen MR) is 108 cm³/mol. The molecule has 5 nitrogen and oxygen atoms in total. The molecule has 2 fully saturated rings. The Morgan fingerprint density at radius 2 is 1.74 bits per heavy atom. The average Bonchev–Trinajstić information content (AvgIpc) is 2.62. The number of aryl methyl sites for hydroxylation is 2. The van der Waals surface area contributed by atoms with Gasteiger partial charge >= 0.3 is 0 Å². The van der Waals surface area contributed by atoms with Crippen molar-refractivity contribution in [2.24, 2.45) is 23.5 Å². The molecule has 0 spiro atoms. The van der Waals surface area contributed by atoms with Gasteiger partial charge in [0.15, 0.2) is 0 Å². The number of amides is 2. The molecule has 5 heteroatoms. The van der Waals surface area contributed by atoms with Gasteiger partial charge in [-0.3, -0.25) is 9.59 Å². The van der Waals surface area contributed by atoms with Gasteiger partial charge in [0.05, 0.1) is 6.54 Å². The Hall–Kier alpha value is -1.88. The monoisotopic (exact) mass is 371 g/mol. The first-order valence-electron chi connectivity index (χ1n) is 10.3. The predicted octanol–water partition coefficient (Wildman–Crippen LogP) is 3.24. The van der Waals surface area contributed by atoms with Gasteiger partial charge in [-0.25, -0.2) is 0 Å². The lowest BCUT2D eigenvalue weighted by Gasteiger charge is -2.44. The third kappa shape index (κ3) is 4.34. The second-order valence-electron chi connectivity index (χ2n) is 8.36. The van der Waals surface area contributed by atoms with Gasteiger partial charge in [0, 0.05) is 24.2 Å². The molecular formula is C22H33N3O2. The number of fused-ring (bicyclic) bond motifs is 2. The molecule has 3 N–H and O–H groups in total. The highest BCUT2D eigenvalue weighted by atomic mass is 16.2. The molecule has 2 aliphatic carbocycles. The molecule has 2 saturated carbocycles. The summed E-state index contributed by atoms with van der Waals surface area (Å²) >= 11 is 0. The Morgan fingerprint density at radius 3 is 2.30 bits per heavy atom. The Morgan fingerprint density at radius 1 is 1.15 bits per heavy atom. The Kier molecular flexibility index (Phi) is 6.20. The van der Waals surface area contributed by atoms with E-state index in [0.29, 0.717) is 18.4 Å². The van der Waals surface area contributed by atoms with Crippen molar-refractivity contribution >= 4 is 17.5 Å². The minimum absolute atomic E-state index is 0.0213. The number of anilines is 1. The second-order valence-corrected chi connectivity index (χ2v) is 8.36. The van der Waals surface area contributed by atoms with Gasteiger partial charge in [0.1, 0.15) is 0 Å². The first-order valence-corrected chi connectivity index (χ1v) is 10.3. The van der Waals surface area contributed by atoms with Crippen molar-refractivity contribution in [3.05, 3.63) is 29.3 Å². The van der Waals surface area contributed by atoms with E-state index in [1.54, 1.807) is 4.90 Å². The highest BCUT2D eigenvalue weighted by molar-refractivity contribution is 5.96. The van der Waals surface area contributed by atoms with Crippen molar-refractivity contribution in [3.63, 3.8) is 0 Å². The summed E-state index contributed by atoms with van der Waals surface area (Å²) in [5.74, 6) is 0.948. The molecule has 0 aliphatic heterocycles. The topological polar surface area (TPSA) is 75.4 Å². The second kappa shape index (κ2) is 8.42. The third-order valence-corrected chi connectivity index (χ3v) is 6.54. The highest BCUT2D eigenvalue weighted by Crippen LogP contribution is 2.42. The highest BCUT2D eigenvalue weighted by Gasteiger charge is 2.41. The van der Waals surface area contributed by atoms with Crippen LogP contribution in [0.25, 0.3) is 0 Å². The standard InChI is InChI=1S/C22H33N3O2/c1-4-25(13-19(26)24-21-14(2)7-5-8-15(21)3)22(27)18-11-16-9-6-10-17(12-18)20(16)23/h5,7-8,16-18,20H,4,6,9-13,23H2,1-3H3,(H,24,26). The van der Waals surface area contributed by atoms with Crippen LogP contribution >= 0.6 is 0 Å². The van der Waals surface area contributed by atoms with E-state index in [9.17, 15) is 9.59 Å². The lowest BCUT2D eigenvalue weighted by atomic mass is 9.65. The van der Waals surface area contributed by atoms with E-state index in [1.807, 2.05) is 39.0 Å². The van der Waals surface area contributed by atoms with Gasteiger partial charge in [-0.1, -0.05) is 24.6 Å². The van der Waals surface area contributed by atoms with Crippen molar-refractivity contribution in [2.45, 2.75) is 58.9 Å². The van der Waals surface area contributed by atoms with Gasteiger partial charge in [-0.05, 0) is 69.4 Å². The molecule has 148 valence electrons. The van der Waals surface area contributed by atoms with Crippen LogP contribution in [-0.4, -0.2) is 35.8 Å². The number of hydrogen-bond donors (Lipinski definition) is 2. The molecule has 1 aromatic carbocycles.